The third kappa shape index (κ3) is 8.23. The molecule has 2 rings (SSSR count). The maximum Gasteiger partial charge on any atom is 0.269 e. The smallest absolute Gasteiger partial charge is 0.269 e. The summed E-state index contributed by atoms with van der Waals surface area (Å²) in [5, 5.41) is 17.4. The zero-order valence-corrected chi connectivity index (χ0v) is 17.4. The van der Waals surface area contributed by atoms with E-state index in [0.717, 1.165) is 50.0 Å². The fourth-order valence-corrected chi connectivity index (χ4v) is 2.63. The molecule has 0 aromatic heterocycles. The van der Waals surface area contributed by atoms with Crippen LogP contribution in [0.15, 0.2) is 29.3 Å². The van der Waals surface area contributed by atoms with Gasteiger partial charge in [-0.25, -0.2) is 4.99 Å². The van der Waals surface area contributed by atoms with Crippen LogP contribution in [0.5, 0.6) is 0 Å². The van der Waals surface area contributed by atoms with Crippen LogP contribution in [0.1, 0.15) is 12.0 Å². The highest BCUT2D eigenvalue weighted by Crippen LogP contribution is 2.13. The second-order valence-electron chi connectivity index (χ2n) is 5.62. The summed E-state index contributed by atoms with van der Waals surface area (Å²) in [4.78, 5) is 14.9. The summed E-state index contributed by atoms with van der Waals surface area (Å²) in [5.74, 6) is 2.30. The Morgan fingerprint density at radius 3 is 2.76 bits per heavy atom. The van der Waals surface area contributed by atoms with E-state index in [1.807, 2.05) is 0 Å². The minimum absolute atomic E-state index is 0. The molecule has 1 heterocycles. The Kier molecular flexibility index (Phi) is 10.8. The van der Waals surface area contributed by atoms with Crippen LogP contribution in [0.25, 0.3) is 0 Å². The number of aliphatic imine (C=N–C) groups is 1. The molecule has 0 spiro atoms. The zero-order valence-electron chi connectivity index (χ0n) is 14.3. The van der Waals surface area contributed by atoms with Crippen molar-refractivity contribution >= 4 is 47.4 Å². The van der Waals surface area contributed by atoms with E-state index in [2.05, 4.69) is 21.9 Å². The molecule has 1 fully saturated rings. The molecular weight excluding hydrogens is 455 g/mol. The minimum Gasteiger partial charge on any atom is -0.381 e. The highest BCUT2D eigenvalue weighted by molar-refractivity contribution is 14.0. The normalized spacial score (nSPS) is 17.0. The van der Waals surface area contributed by atoms with Crippen molar-refractivity contribution in [2.75, 3.05) is 38.3 Å². The Labute approximate surface area is 169 Å². The molecule has 1 aliphatic heterocycles. The molecule has 1 unspecified atom stereocenters. The molecule has 0 bridgehead atoms. The summed E-state index contributed by atoms with van der Waals surface area (Å²) in [6, 6.07) is 6.50. The summed E-state index contributed by atoms with van der Waals surface area (Å²) >= 11 is 1.78. The van der Waals surface area contributed by atoms with Gasteiger partial charge in [0.15, 0.2) is 5.96 Å². The molecule has 1 aliphatic rings. The molecule has 0 aliphatic carbocycles. The lowest BCUT2D eigenvalue weighted by Crippen LogP contribution is -2.41. The van der Waals surface area contributed by atoms with E-state index in [-0.39, 0.29) is 29.7 Å². The fraction of sp³-hybridized carbons (Fsp3) is 0.562. The van der Waals surface area contributed by atoms with Gasteiger partial charge in [0.1, 0.15) is 0 Å². The molecule has 1 aromatic carbocycles. The van der Waals surface area contributed by atoms with Crippen molar-refractivity contribution in [2.45, 2.75) is 13.0 Å². The van der Waals surface area contributed by atoms with Gasteiger partial charge in [-0.3, -0.25) is 10.1 Å². The molecule has 2 N–H and O–H groups in total. The van der Waals surface area contributed by atoms with Crippen LogP contribution in [-0.4, -0.2) is 49.2 Å². The topological polar surface area (TPSA) is 88.8 Å². The standard InChI is InChI=1S/C16H24N4O3S.HI/c1-24-9-7-17-16(19-11-14-6-8-23-12-14)18-10-13-2-4-15(5-3-13)20(21)22;/h2-5,14H,6-12H2,1H3,(H2,17,18,19);1H. The van der Waals surface area contributed by atoms with Gasteiger partial charge in [-0.05, 0) is 18.2 Å². The number of non-ortho nitro benzene ring substituents is 1. The Balaban J connectivity index is 0.00000312. The Hall–Kier alpha value is -1.07. The lowest BCUT2D eigenvalue weighted by Gasteiger charge is -2.15. The van der Waals surface area contributed by atoms with Gasteiger partial charge in [0.05, 0.1) is 18.1 Å². The zero-order chi connectivity index (χ0) is 17.2. The molecule has 7 nitrogen and oxygen atoms in total. The maximum absolute atomic E-state index is 10.7. The number of nitrogens with zero attached hydrogens (tertiary/aromatic N) is 2. The Bertz CT molecular complexity index is 551. The number of rotatable bonds is 8. The molecular formula is C16H25IN4O3S. The average molecular weight is 480 g/mol. The van der Waals surface area contributed by atoms with E-state index in [1.165, 1.54) is 12.1 Å². The first kappa shape index (κ1) is 22.0. The highest BCUT2D eigenvalue weighted by Gasteiger charge is 2.15. The van der Waals surface area contributed by atoms with E-state index in [9.17, 15) is 10.1 Å². The van der Waals surface area contributed by atoms with Crippen LogP contribution in [-0.2, 0) is 11.3 Å². The fourth-order valence-electron chi connectivity index (χ4n) is 2.32. The highest BCUT2D eigenvalue weighted by atomic mass is 127. The van der Waals surface area contributed by atoms with Crippen LogP contribution in [0, 0.1) is 16.0 Å². The number of nitro benzene ring substituents is 1. The van der Waals surface area contributed by atoms with Gasteiger partial charge in [0.2, 0.25) is 0 Å². The van der Waals surface area contributed by atoms with Gasteiger partial charge >= 0.3 is 0 Å². The van der Waals surface area contributed by atoms with E-state index in [0.29, 0.717) is 12.5 Å². The predicted molar refractivity (Wildman–Crippen MR) is 113 cm³/mol. The number of halogens is 1. The van der Waals surface area contributed by atoms with Crippen molar-refractivity contribution in [2.24, 2.45) is 10.9 Å². The summed E-state index contributed by atoms with van der Waals surface area (Å²) in [6.07, 6.45) is 3.14. The molecule has 0 radical (unpaired) electrons. The first-order chi connectivity index (χ1) is 11.7. The molecule has 1 aromatic rings. The minimum atomic E-state index is -0.395. The van der Waals surface area contributed by atoms with Crippen molar-refractivity contribution in [1.82, 2.24) is 10.6 Å². The average Bonchev–Trinajstić information content (AvgIpc) is 3.11. The summed E-state index contributed by atoms with van der Waals surface area (Å²) < 4.78 is 5.39. The second-order valence-corrected chi connectivity index (χ2v) is 6.60. The van der Waals surface area contributed by atoms with Gasteiger partial charge in [-0.2, -0.15) is 11.8 Å². The number of thioether (sulfide) groups is 1. The van der Waals surface area contributed by atoms with E-state index < -0.39 is 4.92 Å². The van der Waals surface area contributed by atoms with Gasteiger partial charge < -0.3 is 15.4 Å². The van der Waals surface area contributed by atoms with E-state index in [4.69, 9.17) is 4.74 Å². The van der Waals surface area contributed by atoms with Gasteiger partial charge in [-0.1, -0.05) is 12.1 Å². The Morgan fingerprint density at radius 1 is 1.40 bits per heavy atom. The van der Waals surface area contributed by atoms with E-state index in [1.54, 1.807) is 23.9 Å². The summed E-state index contributed by atoms with van der Waals surface area (Å²) in [6.45, 7) is 3.79. The van der Waals surface area contributed by atoms with Crippen molar-refractivity contribution in [1.29, 1.82) is 0 Å². The molecule has 9 heteroatoms. The number of benzene rings is 1. The largest absolute Gasteiger partial charge is 0.381 e. The van der Waals surface area contributed by atoms with Crippen molar-refractivity contribution < 1.29 is 9.66 Å². The first-order valence-electron chi connectivity index (χ1n) is 8.01. The summed E-state index contributed by atoms with van der Waals surface area (Å²) in [5.41, 5.74) is 1.04. The van der Waals surface area contributed by atoms with Crippen LogP contribution < -0.4 is 10.6 Å². The molecule has 25 heavy (non-hydrogen) atoms. The first-order valence-corrected chi connectivity index (χ1v) is 9.40. The molecule has 1 atom stereocenters. The third-order valence-corrected chi connectivity index (χ3v) is 4.36. The third-order valence-electron chi connectivity index (χ3n) is 3.75. The van der Waals surface area contributed by atoms with Gasteiger partial charge in [0.25, 0.3) is 5.69 Å². The second kappa shape index (κ2) is 12.3. The SMILES string of the molecule is CSCCNC(=NCc1ccc([N+](=O)[O-])cc1)NCC1CCOC1.I. The van der Waals surface area contributed by atoms with Gasteiger partial charge in [0, 0.05) is 43.5 Å². The number of hydrogen-bond acceptors (Lipinski definition) is 5. The van der Waals surface area contributed by atoms with Crippen LogP contribution >= 0.6 is 35.7 Å². The lowest BCUT2D eigenvalue weighted by atomic mass is 10.1. The lowest BCUT2D eigenvalue weighted by molar-refractivity contribution is -0.384. The monoisotopic (exact) mass is 480 g/mol. The molecule has 0 amide bonds. The molecule has 0 saturated carbocycles. The maximum atomic E-state index is 10.7. The Morgan fingerprint density at radius 2 is 2.16 bits per heavy atom. The predicted octanol–water partition coefficient (Wildman–Crippen LogP) is 2.65. The van der Waals surface area contributed by atoms with Crippen molar-refractivity contribution in [3.63, 3.8) is 0 Å². The number of hydrogen-bond donors (Lipinski definition) is 2. The van der Waals surface area contributed by atoms with E-state index >= 15 is 0 Å². The number of nitro groups is 1. The quantitative estimate of drug-likeness (QED) is 0.149. The van der Waals surface area contributed by atoms with Gasteiger partial charge in [-0.15, -0.1) is 24.0 Å². The van der Waals surface area contributed by atoms with Crippen LogP contribution in [0.4, 0.5) is 5.69 Å². The number of ether oxygens (including phenoxy) is 1. The summed E-state index contributed by atoms with van der Waals surface area (Å²) in [7, 11) is 0. The van der Waals surface area contributed by atoms with Crippen molar-refractivity contribution in [3.8, 4) is 0 Å². The molecule has 1 saturated heterocycles. The van der Waals surface area contributed by atoms with Crippen LogP contribution in [0.3, 0.4) is 0 Å². The van der Waals surface area contributed by atoms with Crippen LogP contribution in [0.2, 0.25) is 0 Å². The van der Waals surface area contributed by atoms with Crippen molar-refractivity contribution in [3.05, 3.63) is 39.9 Å². The number of guanidine groups is 1. The number of nitrogens with one attached hydrogen (secondary N) is 2. The molecule has 140 valence electrons.